The molecule has 0 unspecified atom stereocenters. The summed E-state index contributed by atoms with van der Waals surface area (Å²) in [5.74, 6) is -0.0299. The van der Waals surface area contributed by atoms with Gasteiger partial charge in [-0.05, 0) is 18.1 Å². The Kier molecular flexibility index (Phi) is 4.91. The number of rotatable bonds is 5. The minimum atomic E-state index is -0.265. The van der Waals surface area contributed by atoms with E-state index in [0.717, 1.165) is 11.1 Å². The van der Waals surface area contributed by atoms with Crippen LogP contribution in [0.4, 0.5) is 0 Å². The molecule has 3 N–H and O–H groups in total. The zero-order valence-electron chi connectivity index (χ0n) is 11.6. The Hall–Kier alpha value is -2.13. The van der Waals surface area contributed by atoms with E-state index in [1.165, 1.54) is 0 Å². The van der Waals surface area contributed by atoms with Gasteiger partial charge in [-0.15, -0.1) is 0 Å². The van der Waals surface area contributed by atoms with Gasteiger partial charge in [0.1, 0.15) is 0 Å². The molecular formula is C17H20N2O. The molecule has 0 radical (unpaired) electrons. The van der Waals surface area contributed by atoms with Crippen molar-refractivity contribution < 1.29 is 4.79 Å². The number of amides is 1. The van der Waals surface area contributed by atoms with Gasteiger partial charge in [0.15, 0.2) is 0 Å². The number of carbonyl (C=O) groups excluding carboxylic acids is 1. The Morgan fingerprint density at radius 1 is 1.00 bits per heavy atom. The zero-order valence-corrected chi connectivity index (χ0v) is 11.6. The SMILES string of the molecule is C[C@H](NC(=O)C[C@@H](N)c1ccccc1)c1ccccc1. The van der Waals surface area contributed by atoms with Crippen molar-refractivity contribution in [3.63, 3.8) is 0 Å². The Morgan fingerprint density at radius 3 is 2.05 bits per heavy atom. The molecule has 0 aromatic heterocycles. The van der Waals surface area contributed by atoms with Gasteiger partial charge < -0.3 is 11.1 Å². The largest absolute Gasteiger partial charge is 0.350 e. The molecule has 0 spiro atoms. The van der Waals surface area contributed by atoms with Crippen LogP contribution in [0.3, 0.4) is 0 Å². The highest BCUT2D eigenvalue weighted by molar-refractivity contribution is 5.77. The predicted octanol–water partition coefficient (Wildman–Crippen LogP) is 2.95. The molecule has 2 atom stereocenters. The summed E-state index contributed by atoms with van der Waals surface area (Å²) in [6, 6.07) is 19.3. The number of hydrogen-bond acceptors (Lipinski definition) is 2. The number of carbonyl (C=O) groups is 1. The molecular weight excluding hydrogens is 248 g/mol. The van der Waals surface area contributed by atoms with Gasteiger partial charge in [0.05, 0.1) is 6.04 Å². The molecule has 0 saturated carbocycles. The quantitative estimate of drug-likeness (QED) is 0.876. The predicted molar refractivity (Wildman–Crippen MR) is 81.0 cm³/mol. The average molecular weight is 268 g/mol. The van der Waals surface area contributed by atoms with Crippen molar-refractivity contribution in [1.82, 2.24) is 5.32 Å². The van der Waals surface area contributed by atoms with Crippen LogP contribution in [-0.2, 0) is 4.79 Å². The van der Waals surface area contributed by atoms with Gasteiger partial charge in [-0.1, -0.05) is 60.7 Å². The molecule has 2 aromatic carbocycles. The summed E-state index contributed by atoms with van der Waals surface area (Å²) in [7, 11) is 0. The zero-order chi connectivity index (χ0) is 14.4. The van der Waals surface area contributed by atoms with Crippen molar-refractivity contribution in [2.45, 2.75) is 25.4 Å². The summed E-state index contributed by atoms with van der Waals surface area (Å²) in [6.45, 7) is 1.97. The van der Waals surface area contributed by atoms with E-state index in [9.17, 15) is 4.79 Å². The fourth-order valence-corrected chi connectivity index (χ4v) is 2.14. The molecule has 2 aromatic rings. The highest BCUT2D eigenvalue weighted by Crippen LogP contribution is 2.15. The third-order valence-electron chi connectivity index (χ3n) is 3.31. The van der Waals surface area contributed by atoms with Crippen LogP contribution >= 0.6 is 0 Å². The van der Waals surface area contributed by atoms with E-state index in [-0.39, 0.29) is 18.0 Å². The third-order valence-corrected chi connectivity index (χ3v) is 3.31. The highest BCUT2D eigenvalue weighted by Gasteiger charge is 2.14. The highest BCUT2D eigenvalue weighted by atomic mass is 16.1. The van der Waals surface area contributed by atoms with Crippen LogP contribution < -0.4 is 11.1 Å². The molecule has 3 nitrogen and oxygen atoms in total. The van der Waals surface area contributed by atoms with Crippen molar-refractivity contribution in [3.05, 3.63) is 71.8 Å². The second-order valence-corrected chi connectivity index (χ2v) is 4.92. The van der Waals surface area contributed by atoms with Gasteiger partial charge in [-0.3, -0.25) is 4.79 Å². The fraction of sp³-hybridized carbons (Fsp3) is 0.235. The summed E-state index contributed by atoms with van der Waals surface area (Å²) < 4.78 is 0. The Bertz CT molecular complexity index is 490. The summed E-state index contributed by atoms with van der Waals surface area (Å²) in [4.78, 5) is 12.0. The van der Waals surface area contributed by atoms with Crippen LogP contribution in [0.15, 0.2) is 60.7 Å². The van der Waals surface area contributed by atoms with Crippen LogP contribution in [0, 0.1) is 0 Å². The molecule has 0 aliphatic rings. The first-order chi connectivity index (χ1) is 9.66. The lowest BCUT2D eigenvalue weighted by Crippen LogP contribution is -2.29. The van der Waals surface area contributed by atoms with Gasteiger partial charge in [0, 0.05) is 12.5 Å². The molecule has 1 amide bonds. The summed E-state index contributed by atoms with van der Waals surface area (Å²) >= 11 is 0. The topological polar surface area (TPSA) is 55.1 Å². The minimum absolute atomic E-state index is 0.00771. The maximum absolute atomic E-state index is 12.0. The Labute approximate surface area is 119 Å². The molecule has 2 rings (SSSR count). The standard InChI is InChI=1S/C17H20N2O/c1-13(14-8-4-2-5-9-14)19-17(20)12-16(18)15-10-6-3-7-11-15/h2-11,13,16H,12,18H2,1H3,(H,19,20)/t13-,16+/m0/s1. The van der Waals surface area contributed by atoms with E-state index < -0.39 is 0 Å². The molecule has 0 heterocycles. The lowest BCUT2D eigenvalue weighted by atomic mass is 10.0. The molecule has 0 bridgehead atoms. The van der Waals surface area contributed by atoms with Crippen LogP contribution in [0.2, 0.25) is 0 Å². The van der Waals surface area contributed by atoms with E-state index in [1.54, 1.807) is 0 Å². The molecule has 104 valence electrons. The van der Waals surface area contributed by atoms with E-state index >= 15 is 0 Å². The molecule has 3 heteroatoms. The summed E-state index contributed by atoms with van der Waals surface area (Å²) in [5.41, 5.74) is 8.12. The monoisotopic (exact) mass is 268 g/mol. The number of nitrogens with two attached hydrogens (primary N) is 1. The van der Waals surface area contributed by atoms with Crippen molar-refractivity contribution >= 4 is 5.91 Å². The smallest absolute Gasteiger partial charge is 0.222 e. The van der Waals surface area contributed by atoms with Gasteiger partial charge in [0.2, 0.25) is 5.91 Å². The normalized spacial score (nSPS) is 13.5. The van der Waals surface area contributed by atoms with Crippen molar-refractivity contribution in [1.29, 1.82) is 0 Å². The fourth-order valence-electron chi connectivity index (χ4n) is 2.14. The van der Waals surface area contributed by atoms with Crippen LogP contribution in [0.1, 0.15) is 36.6 Å². The summed E-state index contributed by atoms with van der Waals surface area (Å²) in [5, 5.41) is 2.98. The Balaban J connectivity index is 1.90. The lowest BCUT2D eigenvalue weighted by Gasteiger charge is -2.17. The second-order valence-electron chi connectivity index (χ2n) is 4.92. The first-order valence-electron chi connectivity index (χ1n) is 6.81. The number of benzene rings is 2. The first kappa shape index (κ1) is 14.3. The molecule has 20 heavy (non-hydrogen) atoms. The average Bonchev–Trinajstić information content (AvgIpc) is 2.49. The molecule has 0 aliphatic heterocycles. The van der Waals surface area contributed by atoms with E-state index in [0.29, 0.717) is 6.42 Å². The van der Waals surface area contributed by atoms with E-state index in [2.05, 4.69) is 5.32 Å². The number of nitrogens with one attached hydrogen (secondary N) is 1. The summed E-state index contributed by atoms with van der Waals surface area (Å²) in [6.07, 6.45) is 0.293. The van der Waals surface area contributed by atoms with Crippen molar-refractivity contribution in [2.75, 3.05) is 0 Å². The maximum atomic E-state index is 12.0. The van der Waals surface area contributed by atoms with Crippen molar-refractivity contribution in [2.24, 2.45) is 5.73 Å². The van der Waals surface area contributed by atoms with Crippen LogP contribution in [0.5, 0.6) is 0 Å². The van der Waals surface area contributed by atoms with Gasteiger partial charge in [-0.2, -0.15) is 0 Å². The Morgan fingerprint density at radius 2 is 1.50 bits per heavy atom. The van der Waals surface area contributed by atoms with Crippen LogP contribution in [0.25, 0.3) is 0 Å². The van der Waals surface area contributed by atoms with Gasteiger partial charge >= 0.3 is 0 Å². The maximum Gasteiger partial charge on any atom is 0.222 e. The second kappa shape index (κ2) is 6.87. The molecule has 0 saturated heterocycles. The van der Waals surface area contributed by atoms with Crippen molar-refractivity contribution in [3.8, 4) is 0 Å². The van der Waals surface area contributed by atoms with Crippen LogP contribution in [-0.4, -0.2) is 5.91 Å². The third kappa shape index (κ3) is 3.93. The van der Waals surface area contributed by atoms with E-state index in [1.807, 2.05) is 67.6 Å². The molecule has 0 fully saturated rings. The van der Waals surface area contributed by atoms with Gasteiger partial charge in [-0.25, -0.2) is 0 Å². The first-order valence-corrected chi connectivity index (χ1v) is 6.81. The van der Waals surface area contributed by atoms with Gasteiger partial charge in [0.25, 0.3) is 0 Å². The number of hydrogen-bond donors (Lipinski definition) is 2. The molecule has 0 aliphatic carbocycles. The lowest BCUT2D eigenvalue weighted by molar-refractivity contribution is -0.122. The minimum Gasteiger partial charge on any atom is -0.350 e. The van der Waals surface area contributed by atoms with E-state index in [4.69, 9.17) is 5.73 Å².